The highest BCUT2D eigenvalue weighted by atomic mass is 16.3. The number of benzene rings is 1. The number of rotatable bonds is 4. The van der Waals surface area contributed by atoms with Gasteiger partial charge < -0.3 is 10.0 Å². The average molecular weight is 341 g/mol. The SMILES string of the molecule is Cc1ccccc1C(O)C1CCN(C(=O)Cc2cnn(C)c2C)CC1. The maximum absolute atomic E-state index is 12.6. The van der Waals surface area contributed by atoms with Gasteiger partial charge in [-0.2, -0.15) is 5.10 Å². The molecule has 2 heterocycles. The van der Waals surface area contributed by atoms with Crippen LogP contribution in [0.4, 0.5) is 0 Å². The van der Waals surface area contributed by atoms with Crippen molar-refractivity contribution in [2.75, 3.05) is 13.1 Å². The van der Waals surface area contributed by atoms with Crippen molar-refractivity contribution in [3.63, 3.8) is 0 Å². The number of hydrogen-bond acceptors (Lipinski definition) is 3. The van der Waals surface area contributed by atoms with Gasteiger partial charge in [-0.1, -0.05) is 24.3 Å². The van der Waals surface area contributed by atoms with Crippen LogP contribution in [0.1, 0.15) is 41.3 Å². The molecule has 1 amide bonds. The van der Waals surface area contributed by atoms with Crippen LogP contribution in [-0.4, -0.2) is 38.8 Å². The van der Waals surface area contributed by atoms with Crippen LogP contribution < -0.4 is 0 Å². The van der Waals surface area contributed by atoms with E-state index < -0.39 is 6.10 Å². The van der Waals surface area contributed by atoms with Crippen molar-refractivity contribution >= 4 is 5.91 Å². The van der Waals surface area contributed by atoms with E-state index in [9.17, 15) is 9.90 Å². The summed E-state index contributed by atoms with van der Waals surface area (Å²) in [5, 5.41) is 14.9. The molecule has 0 aliphatic carbocycles. The number of amides is 1. The molecule has 1 N–H and O–H groups in total. The lowest BCUT2D eigenvalue weighted by Crippen LogP contribution is -2.40. The summed E-state index contributed by atoms with van der Waals surface area (Å²) in [6, 6.07) is 8.00. The molecule has 1 fully saturated rings. The summed E-state index contributed by atoms with van der Waals surface area (Å²) in [4.78, 5) is 14.5. The van der Waals surface area contributed by atoms with Crippen LogP contribution in [-0.2, 0) is 18.3 Å². The fourth-order valence-electron chi connectivity index (χ4n) is 3.63. The summed E-state index contributed by atoms with van der Waals surface area (Å²) < 4.78 is 1.80. The molecule has 0 spiro atoms. The van der Waals surface area contributed by atoms with Crippen LogP contribution in [0.15, 0.2) is 30.5 Å². The Morgan fingerprint density at radius 2 is 1.96 bits per heavy atom. The van der Waals surface area contributed by atoms with E-state index in [1.165, 1.54) is 0 Å². The first-order chi connectivity index (χ1) is 12.0. The minimum atomic E-state index is -0.445. The van der Waals surface area contributed by atoms with Crippen LogP contribution in [0.5, 0.6) is 0 Å². The normalized spacial score (nSPS) is 16.9. The first-order valence-electron chi connectivity index (χ1n) is 8.96. The number of aryl methyl sites for hydroxylation is 2. The number of nitrogens with zero attached hydrogens (tertiary/aromatic N) is 3. The van der Waals surface area contributed by atoms with Crippen molar-refractivity contribution < 1.29 is 9.90 Å². The minimum absolute atomic E-state index is 0.153. The van der Waals surface area contributed by atoms with Crippen LogP contribution in [0.3, 0.4) is 0 Å². The molecule has 5 nitrogen and oxygen atoms in total. The quantitative estimate of drug-likeness (QED) is 0.930. The number of carbonyl (C=O) groups excluding carboxylic acids is 1. The van der Waals surface area contributed by atoms with E-state index >= 15 is 0 Å². The second-order valence-electron chi connectivity index (χ2n) is 7.08. The van der Waals surface area contributed by atoms with Gasteiger partial charge in [0, 0.05) is 31.4 Å². The fourth-order valence-corrected chi connectivity index (χ4v) is 3.63. The Hall–Kier alpha value is -2.14. The molecule has 5 heteroatoms. The Morgan fingerprint density at radius 3 is 2.56 bits per heavy atom. The number of aliphatic hydroxyl groups is 1. The van der Waals surface area contributed by atoms with Crippen LogP contribution in [0.2, 0.25) is 0 Å². The molecular formula is C20H27N3O2. The summed E-state index contributed by atoms with van der Waals surface area (Å²) in [5.74, 6) is 0.366. The van der Waals surface area contributed by atoms with Gasteiger partial charge in [-0.15, -0.1) is 0 Å². The largest absolute Gasteiger partial charge is 0.388 e. The molecule has 1 aliphatic heterocycles. The highest BCUT2D eigenvalue weighted by Gasteiger charge is 2.29. The van der Waals surface area contributed by atoms with E-state index in [0.717, 1.165) is 35.2 Å². The van der Waals surface area contributed by atoms with Crippen LogP contribution >= 0.6 is 0 Å². The summed E-state index contributed by atoms with van der Waals surface area (Å²) in [5.41, 5.74) is 4.17. The smallest absolute Gasteiger partial charge is 0.227 e. The van der Waals surface area contributed by atoms with E-state index in [1.54, 1.807) is 10.9 Å². The second-order valence-corrected chi connectivity index (χ2v) is 7.08. The van der Waals surface area contributed by atoms with Crippen molar-refractivity contribution in [1.29, 1.82) is 0 Å². The zero-order valence-electron chi connectivity index (χ0n) is 15.3. The first kappa shape index (κ1) is 17.7. The molecule has 0 saturated carbocycles. The third kappa shape index (κ3) is 3.76. The molecule has 1 aromatic heterocycles. The van der Waals surface area contributed by atoms with Crippen molar-refractivity contribution in [2.45, 2.75) is 39.2 Å². The van der Waals surface area contributed by atoms with Gasteiger partial charge >= 0.3 is 0 Å². The van der Waals surface area contributed by atoms with Gasteiger partial charge in [-0.3, -0.25) is 9.48 Å². The first-order valence-corrected chi connectivity index (χ1v) is 8.96. The lowest BCUT2D eigenvalue weighted by atomic mass is 9.86. The van der Waals surface area contributed by atoms with E-state index in [2.05, 4.69) is 5.10 Å². The van der Waals surface area contributed by atoms with Gasteiger partial charge in [0.2, 0.25) is 5.91 Å². The van der Waals surface area contributed by atoms with E-state index in [4.69, 9.17) is 0 Å². The molecule has 0 radical (unpaired) electrons. The summed E-state index contributed by atoms with van der Waals surface area (Å²) in [6.45, 7) is 5.45. The number of hydrogen-bond donors (Lipinski definition) is 1. The van der Waals surface area contributed by atoms with Gasteiger partial charge in [0.15, 0.2) is 0 Å². The van der Waals surface area contributed by atoms with E-state index in [-0.39, 0.29) is 11.8 Å². The number of aliphatic hydroxyl groups excluding tert-OH is 1. The maximum atomic E-state index is 12.6. The van der Waals surface area contributed by atoms with Crippen molar-refractivity contribution in [3.05, 3.63) is 52.8 Å². The Balaban J connectivity index is 1.57. The molecule has 1 saturated heterocycles. The third-order valence-electron chi connectivity index (χ3n) is 5.52. The van der Waals surface area contributed by atoms with Crippen molar-refractivity contribution in [3.8, 4) is 0 Å². The minimum Gasteiger partial charge on any atom is -0.388 e. The van der Waals surface area contributed by atoms with Crippen LogP contribution in [0.25, 0.3) is 0 Å². The van der Waals surface area contributed by atoms with Gasteiger partial charge in [-0.05, 0) is 43.7 Å². The lowest BCUT2D eigenvalue weighted by molar-refractivity contribution is -0.132. The number of aromatic nitrogens is 2. The van der Waals surface area contributed by atoms with Gasteiger partial charge in [0.1, 0.15) is 0 Å². The Kier molecular flexibility index (Phi) is 5.23. The monoisotopic (exact) mass is 341 g/mol. The van der Waals surface area contributed by atoms with Gasteiger partial charge in [0.05, 0.1) is 18.7 Å². The molecule has 2 aromatic rings. The zero-order valence-corrected chi connectivity index (χ0v) is 15.3. The topological polar surface area (TPSA) is 58.4 Å². The van der Waals surface area contributed by atoms with Crippen LogP contribution in [0, 0.1) is 19.8 Å². The summed E-state index contributed by atoms with van der Waals surface area (Å²) >= 11 is 0. The fraction of sp³-hybridized carbons (Fsp3) is 0.500. The predicted molar refractivity (Wildman–Crippen MR) is 97.1 cm³/mol. The van der Waals surface area contributed by atoms with Gasteiger partial charge in [0.25, 0.3) is 0 Å². The Labute approximate surface area is 149 Å². The molecule has 1 aromatic carbocycles. The number of carbonyl (C=O) groups is 1. The Bertz CT molecular complexity index is 745. The van der Waals surface area contributed by atoms with E-state index in [0.29, 0.717) is 19.5 Å². The standard InChI is InChI=1S/C20H27N3O2/c1-14-6-4-5-7-18(14)20(25)16-8-10-23(11-9-16)19(24)12-17-13-21-22(3)15(17)2/h4-7,13,16,20,25H,8-12H2,1-3H3. The zero-order chi connectivity index (χ0) is 18.0. The highest BCUT2D eigenvalue weighted by molar-refractivity contribution is 5.79. The number of piperidine rings is 1. The molecular weight excluding hydrogens is 314 g/mol. The van der Waals surface area contributed by atoms with E-state index in [1.807, 2.05) is 50.1 Å². The summed E-state index contributed by atoms with van der Waals surface area (Å²) in [6.07, 6.45) is 3.42. The van der Waals surface area contributed by atoms with Crippen molar-refractivity contribution in [1.82, 2.24) is 14.7 Å². The molecule has 0 bridgehead atoms. The molecule has 134 valence electrons. The number of likely N-dealkylation sites (tertiary alicyclic amines) is 1. The molecule has 3 rings (SSSR count). The molecule has 25 heavy (non-hydrogen) atoms. The molecule has 1 atom stereocenters. The van der Waals surface area contributed by atoms with Crippen molar-refractivity contribution in [2.24, 2.45) is 13.0 Å². The highest BCUT2D eigenvalue weighted by Crippen LogP contribution is 2.32. The third-order valence-corrected chi connectivity index (χ3v) is 5.52. The predicted octanol–water partition coefficient (Wildman–Crippen LogP) is 2.55. The van der Waals surface area contributed by atoms with Gasteiger partial charge in [-0.25, -0.2) is 0 Å². The average Bonchev–Trinajstić information content (AvgIpc) is 2.94. The molecule has 1 aliphatic rings. The maximum Gasteiger partial charge on any atom is 0.227 e. The second kappa shape index (κ2) is 7.40. The lowest BCUT2D eigenvalue weighted by Gasteiger charge is -2.34. The molecule has 1 unspecified atom stereocenters. The summed E-state index contributed by atoms with van der Waals surface area (Å²) in [7, 11) is 1.89. The Morgan fingerprint density at radius 1 is 1.28 bits per heavy atom.